The van der Waals surface area contributed by atoms with E-state index in [0.29, 0.717) is 23.9 Å². The summed E-state index contributed by atoms with van der Waals surface area (Å²) in [7, 11) is 1.53. The number of pyridine rings is 1. The number of aldehydes is 1. The molecule has 1 aromatic rings. The van der Waals surface area contributed by atoms with Crippen LogP contribution in [-0.4, -0.2) is 18.4 Å². The Bertz CT molecular complexity index is 375. The second-order valence-electron chi connectivity index (χ2n) is 3.67. The minimum absolute atomic E-state index is 0.368. The fourth-order valence-corrected chi connectivity index (χ4v) is 1.95. The average Bonchev–Trinajstić information content (AvgIpc) is 2.33. The molecule has 0 aliphatic rings. The predicted octanol–water partition coefficient (Wildman–Crippen LogP) is 3.00. The van der Waals surface area contributed by atoms with Crippen molar-refractivity contribution in [3.8, 4) is 5.88 Å². The lowest BCUT2D eigenvalue weighted by atomic mass is 9.77. The molecule has 0 unspecified atom stereocenters. The highest BCUT2D eigenvalue weighted by molar-refractivity contribution is 6.29. The molecule has 0 aliphatic carbocycles. The largest absolute Gasteiger partial charge is 0.481 e. The third-order valence-electron chi connectivity index (χ3n) is 3.04. The topological polar surface area (TPSA) is 39.2 Å². The number of rotatable bonds is 5. The summed E-state index contributed by atoms with van der Waals surface area (Å²) in [5.41, 5.74) is 0.280. The van der Waals surface area contributed by atoms with Crippen molar-refractivity contribution < 1.29 is 9.53 Å². The summed E-state index contributed by atoms with van der Waals surface area (Å²) in [6.07, 6.45) is 2.40. The summed E-state index contributed by atoms with van der Waals surface area (Å²) >= 11 is 5.80. The van der Waals surface area contributed by atoms with E-state index in [4.69, 9.17) is 16.3 Å². The van der Waals surface area contributed by atoms with Crippen LogP contribution in [0.3, 0.4) is 0 Å². The number of hydrogen-bond acceptors (Lipinski definition) is 3. The second kappa shape index (κ2) is 5.30. The summed E-state index contributed by atoms with van der Waals surface area (Å²) in [4.78, 5) is 15.4. The van der Waals surface area contributed by atoms with Crippen LogP contribution in [0.25, 0.3) is 0 Å². The molecule has 0 fully saturated rings. The number of carbonyl (C=O) groups is 1. The van der Waals surface area contributed by atoms with Crippen LogP contribution in [-0.2, 0) is 10.2 Å². The van der Waals surface area contributed by atoms with E-state index in [2.05, 4.69) is 4.98 Å². The Labute approximate surface area is 101 Å². The van der Waals surface area contributed by atoms with E-state index >= 15 is 0 Å². The van der Waals surface area contributed by atoms with Gasteiger partial charge in [-0.3, -0.25) is 0 Å². The van der Waals surface area contributed by atoms with Gasteiger partial charge in [0.1, 0.15) is 11.4 Å². The SMILES string of the molecule is CCC(C=O)(CC)c1ccc(Cl)nc1OC. The number of methoxy groups -OCH3 is 1. The lowest BCUT2D eigenvalue weighted by Crippen LogP contribution is -2.27. The summed E-state index contributed by atoms with van der Waals surface area (Å²) in [5.74, 6) is 0.434. The highest BCUT2D eigenvalue weighted by Gasteiger charge is 2.31. The van der Waals surface area contributed by atoms with Crippen LogP contribution < -0.4 is 4.74 Å². The Morgan fingerprint density at radius 3 is 2.50 bits per heavy atom. The fraction of sp³-hybridized carbons (Fsp3) is 0.500. The molecule has 16 heavy (non-hydrogen) atoms. The Morgan fingerprint density at radius 2 is 2.06 bits per heavy atom. The number of ether oxygens (including phenoxy) is 1. The Hall–Kier alpha value is -1.09. The van der Waals surface area contributed by atoms with Crippen molar-refractivity contribution >= 4 is 17.9 Å². The first-order valence-electron chi connectivity index (χ1n) is 5.30. The van der Waals surface area contributed by atoms with Crippen LogP contribution in [0.2, 0.25) is 5.15 Å². The lowest BCUT2D eigenvalue weighted by Gasteiger charge is -2.26. The van der Waals surface area contributed by atoms with E-state index < -0.39 is 5.41 Å². The van der Waals surface area contributed by atoms with E-state index in [1.165, 1.54) is 7.11 Å². The molecule has 0 atom stereocenters. The zero-order chi connectivity index (χ0) is 12.2. The number of hydrogen-bond donors (Lipinski definition) is 0. The Morgan fingerprint density at radius 1 is 1.44 bits per heavy atom. The molecule has 88 valence electrons. The first-order valence-corrected chi connectivity index (χ1v) is 5.68. The molecule has 3 nitrogen and oxygen atoms in total. The zero-order valence-corrected chi connectivity index (χ0v) is 10.5. The third-order valence-corrected chi connectivity index (χ3v) is 3.25. The van der Waals surface area contributed by atoms with Gasteiger partial charge in [-0.25, -0.2) is 4.98 Å². The standard InChI is InChI=1S/C12H16ClNO2/c1-4-12(5-2,8-15)9-6-7-10(13)14-11(9)16-3/h6-8H,4-5H2,1-3H3. The molecule has 0 N–H and O–H groups in total. The van der Waals surface area contributed by atoms with Gasteiger partial charge < -0.3 is 9.53 Å². The van der Waals surface area contributed by atoms with E-state index in [9.17, 15) is 4.79 Å². The van der Waals surface area contributed by atoms with Crippen molar-refractivity contribution in [1.29, 1.82) is 0 Å². The first kappa shape index (κ1) is 13.0. The molecule has 0 aromatic carbocycles. The van der Waals surface area contributed by atoms with Gasteiger partial charge in [-0.05, 0) is 25.0 Å². The molecule has 1 aromatic heterocycles. The van der Waals surface area contributed by atoms with Crippen LogP contribution in [0, 0.1) is 0 Å². The molecule has 4 heteroatoms. The van der Waals surface area contributed by atoms with Crippen LogP contribution in [0.1, 0.15) is 32.3 Å². The van der Waals surface area contributed by atoms with Gasteiger partial charge in [-0.1, -0.05) is 25.4 Å². The molecule has 0 spiro atoms. The Kier molecular flexibility index (Phi) is 4.30. The number of carbonyl (C=O) groups excluding carboxylic acids is 1. The van der Waals surface area contributed by atoms with Gasteiger partial charge in [0.15, 0.2) is 0 Å². The Balaban J connectivity index is 3.34. The van der Waals surface area contributed by atoms with E-state index in [0.717, 1.165) is 11.8 Å². The molecule has 0 amide bonds. The van der Waals surface area contributed by atoms with Gasteiger partial charge in [0.25, 0.3) is 0 Å². The summed E-state index contributed by atoms with van der Waals surface area (Å²) < 4.78 is 5.18. The summed E-state index contributed by atoms with van der Waals surface area (Å²) in [6, 6.07) is 3.50. The number of aromatic nitrogens is 1. The molecule has 1 rings (SSSR count). The van der Waals surface area contributed by atoms with Crippen molar-refractivity contribution in [2.45, 2.75) is 32.1 Å². The number of nitrogens with zero attached hydrogens (tertiary/aromatic N) is 1. The van der Waals surface area contributed by atoms with Crippen LogP contribution >= 0.6 is 11.6 Å². The fourth-order valence-electron chi connectivity index (χ4n) is 1.81. The molecule has 0 bridgehead atoms. The van der Waals surface area contributed by atoms with Gasteiger partial charge in [-0.15, -0.1) is 0 Å². The van der Waals surface area contributed by atoms with Gasteiger partial charge in [0, 0.05) is 5.56 Å². The normalized spacial score (nSPS) is 11.2. The van der Waals surface area contributed by atoms with Crippen molar-refractivity contribution in [3.05, 3.63) is 22.8 Å². The third kappa shape index (κ3) is 2.19. The van der Waals surface area contributed by atoms with Crippen molar-refractivity contribution in [2.75, 3.05) is 7.11 Å². The lowest BCUT2D eigenvalue weighted by molar-refractivity contribution is -0.112. The van der Waals surface area contributed by atoms with E-state index in [1.54, 1.807) is 6.07 Å². The van der Waals surface area contributed by atoms with Gasteiger partial charge >= 0.3 is 0 Å². The first-order chi connectivity index (χ1) is 7.63. The molecule has 1 heterocycles. The predicted molar refractivity (Wildman–Crippen MR) is 64.1 cm³/mol. The highest BCUT2D eigenvalue weighted by Crippen LogP contribution is 2.35. The minimum atomic E-state index is -0.525. The summed E-state index contributed by atoms with van der Waals surface area (Å²) in [6.45, 7) is 3.96. The highest BCUT2D eigenvalue weighted by atomic mass is 35.5. The maximum Gasteiger partial charge on any atom is 0.218 e. The van der Waals surface area contributed by atoms with E-state index in [1.807, 2.05) is 19.9 Å². The van der Waals surface area contributed by atoms with Crippen molar-refractivity contribution in [1.82, 2.24) is 4.98 Å². The molecule has 0 saturated heterocycles. The van der Waals surface area contributed by atoms with Gasteiger partial charge in [-0.2, -0.15) is 0 Å². The van der Waals surface area contributed by atoms with Crippen LogP contribution in [0.4, 0.5) is 0 Å². The minimum Gasteiger partial charge on any atom is -0.481 e. The smallest absolute Gasteiger partial charge is 0.218 e. The van der Waals surface area contributed by atoms with E-state index in [-0.39, 0.29) is 0 Å². The monoisotopic (exact) mass is 241 g/mol. The van der Waals surface area contributed by atoms with Gasteiger partial charge in [0.2, 0.25) is 5.88 Å². The van der Waals surface area contributed by atoms with Crippen molar-refractivity contribution in [2.24, 2.45) is 0 Å². The quantitative estimate of drug-likeness (QED) is 0.588. The number of halogens is 1. The maximum atomic E-state index is 11.3. The summed E-state index contributed by atoms with van der Waals surface area (Å²) in [5, 5.41) is 0.368. The van der Waals surface area contributed by atoms with Crippen LogP contribution in [0.5, 0.6) is 5.88 Å². The van der Waals surface area contributed by atoms with Gasteiger partial charge in [0.05, 0.1) is 12.5 Å². The van der Waals surface area contributed by atoms with Crippen LogP contribution in [0.15, 0.2) is 12.1 Å². The second-order valence-corrected chi connectivity index (χ2v) is 4.06. The molecule has 0 radical (unpaired) electrons. The zero-order valence-electron chi connectivity index (χ0n) is 9.79. The molecular formula is C12H16ClNO2. The van der Waals surface area contributed by atoms with Crippen molar-refractivity contribution in [3.63, 3.8) is 0 Å². The molecular weight excluding hydrogens is 226 g/mol. The maximum absolute atomic E-state index is 11.3. The molecule has 0 aliphatic heterocycles. The molecule has 0 saturated carbocycles. The average molecular weight is 242 g/mol.